The van der Waals surface area contributed by atoms with Crippen molar-refractivity contribution in [1.29, 1.82) is 0 Å². The van der Waals surface area contributed by atoms with Gasteiger partial charge in [-0.1, -0.05) is 24.3 Å². The smallest absolute Gasteiger partial charge is 0.325 e. The summed E-state index contributed by atoms with van der Waals surface area (Å²) in [5.41, 5.74) is 8.09. The number of primary amides is 1. The Balaban J connectivity index is 2.29. The summed E-state index contributed by atoms with van der Waals surface area (Å²) in [7, 11) is 1.59. The molecule has 1 fully saturated rings. The van der Waals surface area contributed by atoms with E-state index in [1.807, 2.05) is 31.2 Å². The molecule has 1 heterocycles. The van der Waals surface area contributed by atoms with Gasteiger partial charge < -0.3 is 15.4 Å². The maximum atomic E-state index is 13.0. The van der Waals surface area contributed by atoms with Crippen LogP contribution in [-0.2, 0) is 9.53 Å². The molecule has 0 saturated carbocycles. The largest absolute Gasteiger partial charge is 0.383 e. The number of hydrogen-bond acceptors (Lipinski definition) is 3. The van der Waals surface area contributed by atoms with Crippen molar-refractivity contribution in [3.63, 3.8) is 0 Å². The SMILES string of the molecule is C=C1CC(C(N)=O)N(C(=O)N(CCOC)c2cccc(C)c2)C1. The Morgan fingerprint density at radius 3 is 2.83 bits per heavy atom. The van der Waals surface area contributed by atoms with Crippen molar-refractivity contribution in [3.8, 4) is 0 Å². The second-order valence-electron chi connectivity index (χ2n) is 5.77. The zero-order valence-corrected chi connectivity index (χ0v) is 13.6. The Morgan fingerprint density at radius 1 is 1.48 bits per heavy atom. The Morgan fingerprint density at radius 2 is 2.22 bits per heavy atom. The van der Waals surface area contributed by atoms with Gasteiger partial charge in [0.25, 0.3) is 0 Å². The summed E-state index contributed by atoms with van der Waals surface area (Å²) in [6.07, 6.45) is 0.424. The maximum Gasteiger partial charge on any atom is 0.325 e. The van der Waals surface area contributed by atoms with Crippen LogP contribution in [0.3, 0.4) is 0 Å². The van der Waals surface area contributed by atoms with Gasteiger partial charge in [-0.2, -0.15) is 0 Å². The molecule has 0 bridgehead atoms. The molecular formula is C17H23N3O3. The van der Waals surface area contributed by atoms with Gasteiger partial charge in [0.15, 0.2) is 0 Å². The highest BCUT2D eigenvalue weighted by Crippen LogP contribution is 2.25. The van der Waals surface area contributed by atoms with E-state index in [4.69, 9.17) is 10.5 Å². The van der Waals surface area contributed by atoms with Crippen molar-refractivity contribution in [2.45, 2.75) is 19.4 Å². The number of aryl methyl sites for hydroxylation is 1. The van der Waals surface area contributed by atoms with Crippen molar-refractivity contribution in [1.82, 2.24) is 4.90 Å². The van der Waals surface area contributed by atoms with Crippen LogP contribution in [0.15, 0.2) is 36.4 Å². The lowest BCUT2D eigenvalue weighted by molar-refractivity contribution is -0.121. The van der Waals surface area contributed by atoms with Crippen LogP contribution in [0, 0.1) is 6.92 Å². The number of hydrogen-bond donors (Lipinski definition) is 1. The molecule has 0 aliphatic carbocycles. The Kier molecular flexibility index (Phi) is 5.39. The van der Waals surface area contributed by atoms with Crippen LogP contribution in [0.25, 0.3) is 0 Å². The lowest BCUT2D eigenvalue weighted by atomic mass is 10.2. The van der Waals surface area contributed by atoms with Crippen LogP contribution in [0.1, 0.15) is 12.0 Å². The molecule has 2 rings (SSSR count). The predicted molar refractivity (Wildman–Crippen MR) is 89.2 cm³/mol. The van der Waals surface area contributed by atoms with Gasteiger partial charge in [-0.25, -0.2) is 4.79 Å². The molecule has 1 aromatic rings. The molecule has 3 amide bonds. The summed E-state index contributed by atoms with van der Waals surface area (Å²) < 4.78 is 5.11. The number of likely N-dealkylation sites (tertiary alicyclic amines) is 1. The van der Waals surface area contributed by atoms with Crippen molar-refractivity contribution in [2.75, 3.05) is 31.7 Å². The molecule has 1 unspecified atom stereocenters. The van der Waals surface area contributed by atoms with Crippen LogP contribution in [-0.4, -0.2) is 49.7 Å². The predicted octanol–water partition coefficient (Wildman–Crippen LogP) is 1.68. The number of amides is 3. The van der Waals surface area contributed by atoms with Crippen LogP contribution < -0.4 is 10.6 Å². The summed E-state index contributed by atoms with van der Waals surface area (Å²) >= 11 is 0. The van der Waals surface area contributed by atoms with Crippen LogP contribution in [0.4, 0.5) is 10.5 Å². The van der Waals surface area contributed by atoms with Crippen LogP contribution in [0.5, 0.6) is 0 Å². The second-order valence-corrected chi connectivity index (χ2v) is 5.77. The van der Waals surface area contributed by atoms with Gasteiger partial charge in [-0.3, -0.25) is 9.69 Å². The van der Waals surface area contributed by atoms with E-state index in [1.165, 1.54) is 4.90 Å². The first-order chi connectivity index (χ1) is 10.9. The molecular weight excluding hydrogens is 294 g/mol. The minimum absolute atomic E-state index is 0.255. The zero-order chi connectivity index (χ0) is 17.0. The van der Waals surface area contributed by atoms with Gasteiger partial charge in [0.05, 0.1) is 13.2 Å². The molecule has 23 heavy (non-hydrogen) atoms. The highest BCUT2D eigenvalue weighted by Gasteiger charge is 2.37. The van der Waals surface area contributed by atoms with E-state index in [2.05, 4.69) is 6.58 Å². The minimum atomic E-state index is -0.634. The molecule has 1 atom stereocenters. The summed E-state index contributed by atoms with van der Waals surface area (Å²) in [6, 6.07) is 6.76. The Hall–Kier alpha value is -2.34. The van der Waals surface area contributed by atoms with E-state index >= 15 is 0 Å². The molecule has 6 nitrogen and oxygen atoms in total. The zero-order valence-electron chi connectivity index (χ0n) is 13.6. The van der Waals surface area contributed by atoms with E-state index in [0.29, 0.717) is 26.1 Å². The number of benzene rings is 1. The summed E-state index contributed by atoms with van der Waals surface area (Å²) in [5, 5.41) is 0. The van der Waals surface area contributed by atoms with Gasteiger partial charge >= 0.3 is 6.03 Å². The number of nitrogens with two attached hydrogens (primary N) is 1. The quantitative estimate of drug-likeness (QED) is 0.840. The number of carbonyl (C=O) groups is 2. The molecule has 124 valence electrons. The highest BCUT2D eigenvalue weighted by molar-refractivity contribution is 5.96. The number of rotatable bonds is 5. The standard InChI is InChI=1S/C17H23N3O3/c1-12-5-4-6-14(9-12)19(7-8-23-3)17(22)20-11-13(2)10-15(20)16(18)21/h4-6,9,15H,2,7-8,10-11H2,1,3H3,(H2,18,21). The van der Waals surface area contributed by atoms with E-state index in [-0.39, 0.29) is 6.03 Å². The fraction of sp³-hybridized carbons (Fsp3) is 0.412. The Bertz CT molecular complexity index is 615. The third-order valence-corrected chi connectivity index (χ3v) is 3.89. The van der Waals surface area contributed by atoms with Gasteiger partial charge in [0.1, 0.15) is 6.04 Å². The number of carbonyl (C=O) groups excluding carboxylic acids is 2. The first-order valence-corrected chi connectivity index (χ1v) is 7.53. The lowest BCUT2D eigenvalue weighted by Gasteiger charge is -2.30. The molecule has 1 aliphatic rings. The van der Waals surface area contributed by atoms with Crippen molar-refractivity contribution in [3.05, 3.63) is 42.0 Å². The van der Waals surface area contributed by atoms with E-state index in [1.54, 1.807) is 12.0 Å². The first kappa shape index (κ1) is 17.0. The van der Waals surface area contributed by atoms with Crippen molar-refractivity contribution in [2.24, 2.45) is 5.73 Å². The third-order valence-electron chi connectivity index (χ3n) is 3.89. The van der Waals surface area contributed by atoms with Crippen molar-refractivity contribution >= 4 is 17.6 Å². The molecule has 0 radical (unpaired) electrons. The van der Waals surface area contributed by atoms with Gasteiger partial charge in [-0.15, -0.1) is 0 Å². The van der Waals surface area contributed by atoms with E-state index in [0.717, 1.165) is 16.8 Å². The maximum absolute atomic E-state index is 13.0. The Labute approximate surface area is 136 Å². The van der Waals surface area contributed by atoms with E-state index in [9.17, 15) is 9.59 Å². The summed E-state index contributed by atoms with van der Waals surface area (Å²) in [4.78, 5) is 27.7. The highest BCUT2D eigenvalue weighted by atomic mass is 16.5. The molecule has 0 spiro atoms. The molecule has 1 aliphatic heterocycles. The average molecular weight is 317 g/mol. The number of urea groups is 1. The fourth-order valence-corrected chi connectivity index (χ4v) is 2.72. The molecule has 0 aromatic heterocycles. The van der Waals surface area contributed by atoms with Crippen LogP contribution in [0.2, 0.25) is 0 Å². The van der Waals surface area contributed by atoms with Crippen molar-refractivity contribution < 1.29 is 14.3 Å². The number of methoxy groups -OCH3 is 1. The average Bonchev–Trinajstić information content (AvgIpc) is 2.90. The summed E-state index contributed by atoms with van der Waals surface area (Å²) in [6.45, 7) is 6.99. The number of anilines is 1. The van der Waals surface area contributed by atoms with Crippen LogP contribution >= 0.6 is 0 Å². The number of ether oxygens (including phenoxy) is 1. The van der Waals surface area contributed by atoms with E-state index < -0.39 is 11.9 Å². The fourth-order valence-electron chi connectivity index (χ4n) is 2.72. The summed E-state index contributed by atoms with van der Waals surface area (Å²) in [5.74, 6) is -0.507. The van der Waals surface area contributed by atoms with Gasteiger partial charge in [0, 0.05) is 19.3 Å². The monoisotopic (exact) mass is 317 g/mol. The molecule has 6 heteroatoms. The molecule has 1 aromatic carbocycles. The topological polar surface area (TPSA) is 75.9 Å². The van der Waals surface area contributed by atoms with Gasteiger partial charge in [0.2, 0.25) is 5.91 Å². The second kappa shape index (κ2) is 7.28. The number of nitrogens with zero attached hydrogens (tertiary/aromatic N) is 2. The van der Waals surface area contributed by atoms with Gasteiger partial charge in [-0.05, 0) is 31.0 Å². The lowest BCUT2D eigenvalue weighted by Crippen LogP contribution is -2.50. The molecule has 1 saturated heterocycles. The minimum Gasteiger partial charge on any atom is -0.383 e. The normalized spacial score (nSPS) is 17.4. The first-order valence-electron chi connectivity index (χ1n) is 7.53. The third kappa shape index (κ3) is 3.90. The molecule has 2 N–H and O–H groups in total.